The number of hydrogen-bond acceptors (Lipinski definition) is 7. The highest BCUT2D eigenvalue weighted by atomic mass is 32.2. The van der Waals surface area contributed by atoms with Gasteiger partial charge in [-0.25, -0.2) is 22.3 Å². The molecule has 0 atom stereocenters. The number of amides is 1. The molecule has 0 radical (unpaired) electrons. The summed E-state index contributed by atoms with van der Waals surface area (Å²) >= 11 is 0. The van der Waals surface area contributed by atoms with Gasteiger partial charge in [-0.2, -0.15) is 0 Å². The van der Waals surface area contributed by atoms with Crippen LogP contribution in [0, 0.1) is 6.92 Å². The second-order valence-corrected chi connectivity index (χ2v) is 9.00. The molecule has 3 aromatic rings. The number of benzene rings is 2. The Morgan fingerprint density at radius 3 is 2.52 bits per heavy atom. The van der Waals surface area contributed by atoms with Crippen LogP contribution in [0.4, 0.5) is 5.69 Å². The Balaban J connectivity index is 1.70. The van der Waals surface area contributed by atoms with Gasteiger partial charge in [0, 0.05) is 25.2 Å². The number of sulfonamides is 1. The minimum atomic E-state index is -3.70. The van der Waals surface area contributed by atoms with Crippen LogP contribution in [0.5, 0.6) is 0 Å². The van der Waals surface area contributed by atoms with E-state index in [1.165, 1.54) is 32.3 Å². The van der Waals surface area contributed by atoms with Crippen molar-refractivity contribution in [2.24, 2.45) is 0 Å². The number of nitrogens with one attached hydrogen (secondary N) is 1. The normalized spacial score (nSPS) is 11.5. The smallest absolute Gasteiger partial charge is 0.351 e. The zero-order chi connectivity index (χ0) is 22.8. The number of ether oxygens (including phenoxy) is 1. The molecule has 0 aliphatic rings. The van der Waals surface area contributed by atoms with E-state index in [-0.39, 0.29) is 16.1 Å². The van der Waals surface area contributed by atoms with Crippen molar-refractivity contribution in [2.45, 2.75) is 11.8 Å². The number of carbonyl (C=O) groups is 2. The molecule has 0 saturated heterocycles. The first-order valence-electron chi connectivity index (χ1n) is 9.12. The van der Waals surface area contributed by atoms with Gasteiger partial charge in [0.1, 0.15) is 11.1 Å². The molecule has 0 saturated carbocycles. The maximum atomic E-state index is 12.4. The Bertz CT molecular complexity index is 1330. The van der Waals surface area contributed by atoms with Gasteiger partial charge in [-0.05, 0) is 36.8 Å². The van der Waals surface area contributed by atoms with Gasteiger partial charge in [-0.1, -0.05) is 24.3 Å². The van der Waals surface area contributed by atoms with Gasteiger partial charge in [-0.15, -0.1) is 0 Å². The first kappa shape index (κ1) is 22.2. The number of anilines is 1. The molecule has 9 nitrogen and oxygen atoms in total. The van der Waals surface area contributed by atoms with Crippen molar-refractivity contribution in [2.75, 3.05) is 26.0 Å². The van der Waals surface area contributed by atoms with E-state index >= 15 is 0 Å². The lowest BCUT2D eigenvalue weighted by Crippen LogP contribution is -2.25. The van der Waals surface area contributed by atoms with Crippen LogP contribution >= 0.6 is 0 Å². The molecule has 2 aromatic carbocycles. The van der Waals surface area contributed by atoms with E-state index in [4.69, 9.17) is 9.15 Å². The van der Waals surface area contributed by atoms with Gasteiger partial charge in [0.05, 0.1) is 4.90 Å². The topological polar surface area (TPSA) is 123 Å². The molecule has 0 bridgehead atoms. The summed E-state index contributed by atoms with van der Waals surface area (Å²) in [5.41, 5.74) is -0.148. The molecule has 10 heteroatoms. The molecule has 1 amide bonds. The fourth-order valence-electron chi connectivity index (χ4n) is 2.76. The van der Waals surface area contributed by atoms with Gasteiger partial charge in [-0.3, -0.25) is 4.79 Å². The van der Waals surface area contributed by atoms with Gasteiger partial charge < -0.3 is 14.5 Å². The highest BCUT2D eigenvalue weighted by Gasteiger charge is 2.21. The molecule has 0 fully saturated rings. The van der Waals surface area contributed by atoms with Crippen LogP contribution in [0.25, 0.3) is 11.0 Å². The molecule has 1 aromatic heterocycles. The first-order chi connectivity index (χ1) is 14.6. The lowest BCUT2D eigenvalue weighted by atomic mass is 10.2. The van der Waals surface area contributed by atoms with E-state index in [0.29, 0.717) is 16.5 Å². The van der Waals surface area contributed by atoms with Crippen molar-refractivity contribution in [3.63, 3.8) is 0 Å². The van der Waals surface area contributed by atoms with Crippen molar-refractivity contribution in [1.29, 1.82) is 0 Å². The number of esters is 1. The minimum Gasteiger partial charge on any atom is -0.452 e. The van der Waals surface area contributed by atoms with E-state index in [1.807, 2.05) is 0 Å². The summed E-state index contributed by atoms with van der Waals surface area (Å²) in [6, 6.07) is 12.4. The second-order valence-electron chi connectivity index (χ2n) is 6.88. The maximum Gasteiger partial charge on any atom is 0.351 e. The number of carbonyl (C=O) groups excluding carboxylic acids is 2. The molecular weight excluding hydrogens is 424 g/mol. The highest BCUT2D eigenvalue weighted by molar-refractivity contribution is 7.89. The van der Waals surface area contributed by atoms with E-state index in [0.717, 1.165) is 4.31 Å². The zero-order valence-corrected chi connectivity index (χ0v) is 17.9. The number of fused-ring (bicyclic) bond motifs is 1. The van der Waals surface area contributed by atoms with E-state index < -0.39 is 34.1 Å². The fraction of sp³-hybridized carbons (Fsp3) is 0.190. The predicted molar refractivity (Wildman–Crippen MR) is 113 cm³/mol. The van der Waals surface area contributed by atoms with E-state index in [2.05, 4.69) is 5.32 Å². The molecule has 0 unspecified atom stereocenters. The third kappa shape index (κ3) is 4.81. The summed E-state index contributed by atoms with van der Waals surface area (Å²) in [5.74, 6) is -1.70. The van der Waals surface area contributed by atoms with Crippen molar-refractivity contribution < 1.29 is 27.2 Å². The summed E-state index contributed by atoms with van der Waals surface area (Å²) < 4.78 is 35.8. The molecule has 1 heterocycles. The Kier molecular flexibility index (Phi) is 6.23. The Morgan fingerprint density at radius 2 is 1.81 bits per heavy atom. The van der Waals surface area contributed by atoms with Crippen LogP contribution in [0.3, 0.4) is 0 Å². The molecule has 0 aliphatic carbocycles. The summed E-state index contributed by atoms with van der Waals surface area (Å²) in [4.78, 5) is 36.4. The minimum absolute atomic E-state index is 0.0427. The lowest BCUT2D eigenvalue weighted by molar-refractivity contribution is -0.119. The van der Waals surface area contributed by atoms with Crippen LogP contribution in [0.1, 0.15) is 15.9 Å². The van der Waals surface area contributed by atoms with Crippen LogP contribution in [-0.2, 0) is 19.6 Å². The Labute approximate surface area is 178 Å². The maximum absolute atomic E-state index is 12.4. The molecule has 0 spiro atoms. The Morgan fingerprint density at radius 1 is 1.10 bits per heavy atom. The third-order valence-corrected chi connectivity index (χ3v) is 6.38. The van der Waals surface area contributed by atoms with Gasteiger partial charge in [0.2, 0.25) is 10.0 Å². The molecule has 31 heavy (non-hydrogen) atoms. The average molecular weight is 444 g/mol. The van der Waals surface area contributed by atoms with Crippen LogP contribution in [0.2, 0.25) is 0 Å². The molecule has 0 aliphatic heterocycles. The SMILES string of the molecule is Cc1ccc(NC(=O)COC(=O)c2cc3ccccc3oc2=O)cc1S(=O)(=O)N(C)C. The summed E-state index contributed by atoms with van der Waals surface area (Å²) in [7, 11) is -0.888. The standard InChI is InChI=1S/C21H20N2O7S/c1-13-8-9-15(11-18(13)31(27,28)23(2)3)22-19(24)12-29-20(25)16-10-14-6-4-5-7-17(14)30-21(16)26/h4-11H,12H2,1-3H3,(H,22,24). The lowest BCUT2D eigenvalue weighted by Gasteiger charge is -2.15. The molecule has 3 rings (SSSR count). The number of nitrogens with zero attached hydrogens (tertiary/aromatic N) is 1. The van der Waals surface area contributed by atoms with Gasteiger partial charge in [0.25, 0.3) is 5.91 Å². The Hall–Kier alpha value is -3.50. The summed E-state index contributed by atoms with van der Waals surface area (Å²) in [6.07, 6.45) is 0. The van der Waals surface area contributed by atoms with Crippen molar-refractivity contribution in [3.05, 3.63) is 70.1 Å². The second kappa shape index (κ2) is 8.70. The highest BCUT2D eigenvalue weighted by Crippen LogP contribution is 2.22. The molecular formula is C21H20N2O7S. The van der Waals surface area contributed by atoms with Gasteiger partial charge in [0.15, 0.2) is 6.61 Å². The van der Waals surface area contributed by atoms with Crippen molar-refractivity contribution in [1.82, 2.24) is 4.31 Å². The van der Waals surface area contributed by atoms with Crippen molar-refractivity contribution >= 4 is 38.6 Å². The average Bonchev–Trinajstić information content (AvgIpc) is 2.72. The number of para-hydroxylation sites is 1. The first-order valence-corrected chi connectivity index (χ1v) is 10.6. The van der Waals surface area contributed by atoms with Crippen LogP contribution in [0.15, 0.2) is 62.6 Å². The quantitative estimate of drug-likeness (QED) is 0.456. The monoisotopic (exact) mass is 444 g/mol. The third-order valence-electron chi connectivity index (χ3n) is 4.43. The van der Waals surface area contributed by atoms with Gasteiger partial charge >= 0.3 is 11.6 Å². The molecule has 162 valence electrons. The zero-order valence-electron chi connectivity index (χ0n) is 17.0. The number of aryl methyl sites for hydroxylation is 1. The van der Waals surface area contributed by atoms with Crippen LogP contribution < -0.4 is 10.9 Å². The predicted octanol–water partition coefficient (Wildman–Crippen LogP) is 2.15. The van der Waals surface area contributed by atoms with E-state index in [1.54, 1.807) is 37.3 Å². The van der Waals surface area contributed by atoms with Crippen molar-refractivity contribution in [3.8, 4) is 0 Å². The van der Waals surface area contributed by atoms with E-state index in [9.17, 15) is 22.8 Å². The summed E-state index contributed by atoms with van der Waals surface area (Å²) in [5, 5.41) is 3.01. The number of rotatable bonds is 6. The summed E-state index contributed by atoms with van der Waals surface area (Å²) in [6.45, 7) is 0.966. The number of hydrogen-bond donors (Lipinski definition) is 1. The largest absolute Gasteiger partial charge is 0.452 e. The molecule has 1 N–H and O–H groups in total. The fourth-order valence-corrected chi connectivity index (χ4v) is 3.91. The van der Waals surface area contributed by atoms with Crippen LogP contribution in [-0.4, -0.2) is 45.3 Å².